The highest BCUT2D eigenvalue weighted by atomic mass is 32.2. The van der Waals surface area contributed by atoms with Crippen molar-refractivity contribution in [2.24, 2.45) is 0 Å². The zero-order valence-corrected chi connectivity index (χ0v) is 19.0. The molecule has 0 bridgehead atoms. The number of fused-ring (bicyclic) bond motifs is 1. The summed E-state index contributed by atoms with van der Waals surface area (Å²) in [5.41, 5.74) is 7.53. The molecule has 3 nitrogen and oxygen atoms in total. The summed E-state index contributed by atoms with van der Waals surface area (Å²) in [4.78, 5) is 14.9. The second kappa shape index (κ2) is 10.7. The van der Waals surface area contributed by atoms with Gasteiger partial charge in [-0.2, -0.15) is 11.8 Å². The van der Waals surface area contributed by atoms with Crippen molar-refractivity contribution >= 4 is 17.7 Å². The molecule has 0 spiro atoms. The van der Waals surface area contributed by atoms with Crippen molar-refractivity contribution in [3.63, 3.8) is 0 Å². The second-order valence-corrected chi connectivity index (χ2v) is 9.33. The van der Waals surface area contributed by atoms with Crippen molar-refractivity contribution in [2.75, 3.05) is 18.8 Å². The van der Waals surface area contributed by atoms with E-state index in [0.717, 1.165) is 43.1 Å². The first-order chi connectivity index (χ1) is 15.2. The molecule has 1 N–H and O–H groups in total. The molecule has 0 saturated heterocycles. The summed E-state index contributed by atoms with van der Waals surface area (Å²) in [6.07, 6.45) is 1.11. The molecule has 1 amide bonds. The van der Waals surface area contributed by atoms with Gasteiger partial charge >= 0.3 is 0 Å². The van der Waals surface area contributed by atoms with Gasteiger partial charge in [0.2, 0.25) is 0 Å². The number of benzene rings is 3. The van der Waals surface area contributed by atoms with E-state index in [0.29, 0.717) is 6.54 Å². The van der Waals surface area contributed by atoms with E-state index in [9.17, 15) is 4.79 Å². The van der Waals surface area contributed by atoms with Crippen molar-refractivity contribution in [2.45, 2.75) is 32.2 Å². The number of nitrogens with zero attached hydrogens (tertiary/aromatic N) is 1. The topological polar surface area (TPSA) is 32.3 Å². The highest BCUT2D eigenvalue weighted by molar-refractivity contribution is 7.98. The number of aryl methyl sites for hydroxylation is 1. The Kier molecular flexibility index (Phi) is 7.44. The maximum Gasteiger partial charge on any atom is 0.251 e. The average Bonchev–Trinajstić information content (AvgIpc) is 2.79. The lowest BCUT2D eigenvalue weighted by Crippen LogP contribution is -2.30. The third-order valence-electron chi connectivity index (χ3n) is 5.72. The summed E-state index contributed by atoms with van der Waals surface area (Å²) >= 11 is 1.85. The van der Waals surface area contributed by atoms with Crippen LogP contribution in [0.1, 0.15) is 38.2 Å². The lowest BCUT2D eigenvalue weighted by atomic mass is 9.99. The molecule has 31 heavy (non-hydrogen) atoms. The van der Waals surface area contributed by atoms with Crippen LogP contribution >= 0.6 is 11.8 Å². The van der Waals surface area contributed by atoms with Crippen LogP contribution in [0.2, 0.25) is 0 Å². The van der Waals surface area contributed by atoms with E-state index in [1.54, 1.807) is 0 Å². The molecular weight excluding hydrogens is 400 g/mol. The van der Waals surface area contributed by atoms with Gasteiger partial charge in [0.1, 0.15) is 0 Å². The number of hydrogen-bond acceptors (Lipinski definition) is 3. The summed E-state index contributed by atoms with van der Waals surface area (Å²) in [5, 5.41) is 3.04. The van der Waals surface area contributed by atoms with Crippen molar-refractivity contribution in [1.82, 2.24) is 10.2 Å². The minimum Gasteiger partial charge on any atom is -0.351 e. The Labute approximate surface area is 189 Å². The molecule has 3 aromatic rings. The maximum absolute atomic E-state index is 12.4. The van der Waals surface area contributed by atoms with E-state index in [1.807, 2.05) is 23.9 Å². The molecule has 0 atom stereocenters. The Morgan fingerprint density at radius 1 is 0.968 bits per heavy atom. The maximum atomic E-state index is 12.4. The van der Waals surface area contributed by atoms with Gasteiger partial charge in [-0.05, 0) is 47.7 Å². The van der Waals surface area contributed by atoms with E-state index >= 15 is 0 Å². The molecule has 0 saturated carbocycles. The third kappa shape index (κ3) is 6.22. The quantitative estimate of drug-likeness (QED) is 0.498. The molecule has 4 heteroatoms. The van der Waals surface area contributed by atoms with Crippen molar-refractivity contribution in [1.29, 1.82) is 0 Å². The van der Waals surface area contributed by atoms with Crippen LogP contribution in [0.3, 0.4) is 0 Å². The van der Waals surface area contributed by atoms with Gasteiger partial charge in [0.05, 0.1) is 0 Å². The van der Waals surface area contributed by atoms with Crippen LogP contribution in [-0.2, 0) is 25.3 Å². The van der Waals surface area contributed by atoms with Crippen LogP contribution in [0.15, 0.2) is 72.8 Å². The van der Waals surface area contributed by atoms with Crippen LogP contribution in [0.25, 0.3) is 0 Å². The molecule has 0 radical (unpaired) electrons. The lowest BCUT2D eigenvalue weighted by molar-refractivity contribution is 0.0956. The minimum atomic E-state index is 0.00889. The van der Waals surface area contributed by atoms with E-state index in [2.05, 4.69) is 77.8 Å². The van der Waals surface area contributed by atoms with Gasteiger partial charge < -0.3 is 5.32 Å². The smallest absolute Gasteiger partial charge is 0.251 e. The van der Waals surface area contributed by atoms with Crippen LogP contribution < -0.4 is 5.32 Å². The lowest BCUT2D eigenvalue weighted by Gasteiger charge is -2.28. The van der Waals surface area contributed by atoms with E-state index in [1.165, 1.54) is 27.8 Å². The Morgan fingerprint density at radius 2 is 1.77 bits per heavy atom. The number of thioether (sulfide) groups is 1. The molecule has 1 aliphatic heterocycles. The molecular formula is C27H30N2OS. The predicted molar refractivity (Wildman–Crippen MR) is 130 cm³/mol. The standard InChI is InChI=1S/C27H30N2OS/c1-21-5-4-6-23(17-21)20-31-16-14-28-27(30)25-11-9-22(10-12-25)18-29-15-13-24-7-2-3-8-26(24)19-29/h2-12,17H,13-16,18-20H2,1H3,(H,28,30). The largest absolute Gasteiger partial charge is 0.351 e. The van der Waals surface area contributed by atoms with Crippen LogP contribution in [0.5, 0.6) is 0 Å². The van der Waals surface area contributed by atoms with Gasteiger partial charge in [-0.15, -0.1) is 0 Å². The fourth-order valence-electron chi connectivity index (χ4n) is 4.04. The fraction of sp³-hybridized carbons (Fsp3) is 0.296. The highest BCUT2D eigenvalue weighted by Gasteiger charge is 2.15. The molecule has 1 aliphatic rings. The van der Waals surface area contributed by atoms with Gasteiger partial charge in [0.25, 0.3) is 5.91 Å². The number of rotatable bonds is 8. The molecule has 0 aliphatic carbocycles. The summed E-state index contributed by atoms with van der Waals surface area (Å²) in [7, 11) is 0. The van der Waals surface area contributed by atoms with Gasteiger partial charge in [0.15, 0.2) is 0 Å². The third-order valence-corrected chi connectivity index (χ3v) is 6.75. The Balaban J connectivity index is 1.19. The first-order valence-corrected chi connectivity index (χ1v) is 12.1. The minimum absolute atomic E-state index is 0.00889. The van der Waals surface area contributed by atoms with Gasteiger partial charge in [-0.1, -0.05) is 66.2 Å². The predicted octanol–water partition coefficient (Wildman–Crippen LogP) is 5.22. The molecule has 0 aromatic heterocycles. The molecule has 1 heterocycles. The number of carbonyl (C=O) groups is 1. The zero-order chi connectivity index (χ0) is 21.5. The second-order valence-electron chi connectivity index (χ2n) is 8.22. The zero-order valence-electron chi connectivity index (χ0n) is 18.1. The summed E-state index contributed by atoms with van der Waals surface area (Å²) in [6, 6.07) is 25.4. The average molecular weight is 431 g/mol. The first-order valence-electron chi connectivity index (χ1n) is 11.0. The summed E-state index contributed by atoms with van der Waals surface area (Å²) < 4.78 is 0. The molecule has 160 valence electrons. The normalized spacial score (nSPS) is 13.6. The SMILES string of the molecule is Cc1cccc(CSCCNC(=O)c2ccc(CN3CCc4ccccc4C3)cc2)c1. The highest BCUT2D eigenvalue weighted by Crippen LogP contribution is 2.20. The van der Waals surface area contributed by atoms with Gasteiger partial charge in [0, 0.05) is 43.2 Å². The van der Waals surface area contributed by atoms with Crippen LogP contribution in [0.4, 0.5) is 0 Å². The van der Waals surface area contributed by atoms with Crippen molar-refractivity contribution in [3.8, 4) is 0 Å². The van der Waals surface area contributed by atoms with Crippen molar-refractivity contribution < 1.29 is 4.79 Å². The summed E-state index contributed by atoms with van der Waals surface area (Å²) in [6.45, 7) is 5.80. The molecule has 0 unspecified atom stereocenters. The number of carbonyl (C=O) groups excluding carboxylic acids is 1. The molecule has 3 aromatic carbocycles. The Hall–Kier alpha value is -2.56. The van der Waals surface area contributed by atoms with Crippen molar-refractivity contribution in [3.05, 3.63) is 106 Å². The fourth-order valence-corrected chi connectivity index (χ4v) is 4.85. The molecule has 0 fully saturated rings. The number of amides is 1. The molecule has 4 rings (SSSR count). The Bertz CT molecular complexity index is 1020. The van der Waals surface area contributed by atoms with Crippen LogP contribution in [0, 0.1) is 6.92 Å². The van der Waals surface area contributed by atoms with Crippen LogP contribution in [-0.4, -0.2) is 29.6 Å². The Morgan fingerprint density at radius 3 is 2.58 bits per heavy atom. The summed E-state index contributed by atoms with van der Waals surface area (Å²) in [5.74, 6) is 1.90. The van der Waals surface area contributed by atoms with E-state index < -0.39 is 0 Å². The monoisotopic (exact) mass is 430 g/mol. The van der Waals surface area contributed by atoms with E-state index in [-0.39, 0.29) is 5.91 Å². The van der Waals surface area contributed by atoms with Gasteiger partial charge in [-0.25, -0.2) is 0 Å². The van der Waals surface area contributed by atoms with E-state index in [4.69, 9.17) is 0 Å². The van der Waals surface area contributed by atoms with Gasteiger partial charge in [-0.3, -0.25) is 9.69 Å². The number of nitrogens with one attached hydrogen (secondary N) is 1. The first kappa shape index (κ1) is 21.7. The number of hydrogen-bond donors (Lipinski definition) is 1.